The fourth-order valence-electron chi connectivity index (χ4n) is 3.12. The van der Waals surface area contributed by atoms with E-state index in [0.29, 0.717) is 11.3 Å². The molecule has 0 aliphatic heterocycles. The average Bonchev–Trinajstić information content (AvgIpc) is 2.83. The number of hydrogen-bond acceptors (Lipinski definition) is 7. The lowest BCUT2D eigenvalue weighted by Gasteiger charge is -2.13. The molecule has 0 aliphatic carbocycles. The summed E-state index contributed by atoms with van der Waals surface area (Å²) in [6.45, 7) is 1.61. The molecule has 176 valence electrons. The molecule has 0 fully saturated rings. The molecule has 0 saturated heterocycles. The normalized spacial score (nSPS) is 10.8. The Kier molecular flexibility index (Phi) is 7.32. The van der Waals surface area contributed by atoms with E-state index in [1.54, 1.807) is 37.3 Å². The van der Waals surface area contributed by atoms with Crippen LogP contribution in [0.4, 0.5) is 11.4 Å². The lowest BCUT2D eigenvalue weighted by Crippen LogP contribution is -2.17. The third kappa shape index (κ3) is 5.59. The van der Waals surface area contributed by atoms with Gasteiger partial charge in [0, 0.05) is 16.9 Å². The number of hydrogen-bond donors (Lipinski definition) is 2. The SMILES string of the molecule is COC(=O)c1cc(NC(=O)c2ccc(C)c(S(=O)(=O)Nc3ccccc3)c2)cc(C(=O)OC)c1. The first-order chi connectivity index (χ1) is 16.1. The summed E-state index contributed by atoms with van der Waals surface area (Å²) >= 11 is 0. The van der Waals surface area contributed by atoms with Crippen LogP contribution in [-0.4, -0.2) is 40.5 Å². The van der Waals surface area contributed by atoms with Gasteiger partial charge in [-0.05, 0) is 55.0 Å². The van der Waals surface area contributed by atoms with Crippen molar-refractivity contribution in [3.8, 4) is 0 Å². The Morgan fingerprint density at radius 1 is 0.735 bits per heavy atom. The number of para-hydroxylation sites is 1. The van der Waals surface area contributed by atoms with Crippen LogP contribution in [0.15, 0.2) is 71.6 Å². The van der Waals surface area contributed by atoms with Crippen molar-refractivity contribution in [1.82, 2.24) is 0 Å². The zero-order valence-electron chi connectivity index (χ0n) is 18.6. The first kappa shape index (κ1) is 24.5. The molecule has 0 saturated carbocycles. The molecule has 0 atom stereocenters. The molecule has 0 aliphatic rings. The minimum Gasteiger partial charge on any atom is -0.465 e. The van der Waals surface area contributed by atoms with Crippen LogP contribution < -0.4 is 10.0 Å². The van der Waals surface area contributed by atoms with E-state index in [1.807, 2.05) is 0 Å². The number of rotatable bonds is 7. The first-order valence-electron chi connectivity index (χ1n) is 9.96. The third-order valence-electron chi connectivity index (χ3n) is 4.80. The van der Waals surface area contributed by atoms with E-state index in [-0.39, 0.29) is 27.3 Å². The second kappa shape index (κ2) is 10.2. The molecule has 0 spiro atoms. The maximum Gasteiger partial charge on any atom is 0.337 e. The largest absolute Gasteiger partial charge is 0.465 e. The third-order valence-corrected chi connectivity index (χ3v) is 6.32. The number of sulfonamides is 1. The molecular weight excluding hydrogens is 460 g/mol. The van der Waals surface area contributed by atoms with Crippen molar-refractivity contribution < 1.29 is 32.3 Å². The van der Waals surface area contributed by atoms with Crippen molar-refractivity contribution in [3.63, 3.8) is 0 Å². The number of anilines is 2. The van der Waals surface area contributed by atoms with Gasteiger partial charge in [0.1, 0.15) is 0 Å². The Bertz CT molecular complexity index is 1320. The fourth-order valence-corrected chi connectivity index (χ4v) is 4.45. The van der Waals surface area contributed by atoms with E-state index in [1.165, 1.54) is 50.6 Å². The van der Waals surface area contributed by atoms with Crippen molar-refractivity contribution in [3.05, 3.63) is 89.0 Å². The second-order valence-electron chi connectivity index (χ2n) is 7.19. The van der Waals surface area contributed by atoms with Gasteiger partial charge in [-0.15, -0.1) is 0 Å². The van der Waals surface area contributed by atoms with E-state index in [0.717, 1.165) is 0 Å². The Hall–Kier alpha value is -4.18. The zero-order chi connectivity index (χ0) is 24.9. The molecule has 0 aromatic heterocycles. The summed E-state index contributed by atoms with van der Waals surface area (Å²) in [5.41, 5.74) is 1.06. The van der Waals surface area contributed by atoms with Gasteiger partial charge in [0.25, 0.3) is 15.9 Å². The number of aryl methyl sites for hydroxylation is 1. The van der Waals surface area contributed by atoms with Gasteiger partial charge in [0.2, 0.25) is 0 Å². The molecule has 0 radical (unpaired) electrons. The number of amides is 1. The Labute approximate surface area is 196 Å². The van der Waals surface area contributed by atoms with Gasteiger partial charge < -0.3 is 14.8 Å². The summed E-state index contributed by atoms with van der Waals surface area (Å²) in [5.74, 6) is -2.07. The molecule has 3 aromatic rings. The number of carbonyl (C=O) groups excluding carboxylic acids is 3. The maximum atomic E-state index is 12.9. The van der Waals surface area contributed by atoms with E-state index in [4.69, 9.17) is 0 Å². The molecule has 3 aromatic carbocycles. The molecule has 1 amide bonds. The molecule has 2 N–H and O–H groups in total. The summed E-state index contributed by atoms with van der Waals surface area (Å²) in [6.07, 6.45) is 0. The summed E-state index contributed by atoms with van der Waals surface area (Å²) < 4.78 is 37.7. The highest BCUT2D eigenvalue weighted by Crippen LogP contribution is 2.22. The molecule has 9 nitrogen and oxygen atoms in total. The van der Waals surface area contributed by atoms with Gasteiger partial charge in [-0.25, -0.2) is 18.0 Å². The van der Waals surface area contributed by atoms with Gasteiger partial charge in [0.15, 0.2) is 0 Å². The van der Waals surface area contributed by atoms with Gasteiger partial charge in [-0.1, -0.05) is 24.3 Å². The first-order valence-corrected chi connectivity index (χ1v) is 11.4. The Morgan fingerprint density at radius 3 is 1.88 bits per heavy atom. The predicted molar refractivity (Wildman–Crippen MR) is 126 cm³/mol. The van der Waals surface area contributed by atoms with Gasteiger partial charge in [-0.3, -0.25) is 9.52 Å². The minimum atomic E-state index is -3.97. The van der Waals surface area contributed by atoms with Gasteiger partial charge in [-0.2, -0.15) is 0 Å². The van der Waals surface area contributed by atoms with Crippen LogP contribution in [0.1, 0.15) is 36.6 Å². The zero-order valence-corrected chi connectivity index (χ0v) is 19.4. The average molecular weight is 483 g/mol. The Morgan fingerprint density at radius 2 is 1.32 bits per heavy atom. The van der Waals surface area contributed by atoms with Crippen LogP contribution in [-0.2, 0) is 19.5 Å². The number of methoxy groups -OCH3 is 2. The van der Waals surface area contributed by atoms with E-state index in [9.17, 15) is 22.8 Å². The Balaban J connectivity index is 1.93. The second-order valence-corrected chi connectivity index (χ2v) is 8.84. The van der Waals surface area contributed by atoms with Crippen molar-refractivity contribution in [2.75, 3.05) is 24.3 Å². The number of benzene rings is 3. The van der Waals surface area contributed by atoms with Crippen molar-refractivity contribution in [2.24, 2.45) is 0 Å². The molecule has 3 rings (SSSR count). The van der Waals surface area contributed by atoms with Gasteiger partial charge >= 0.3 is 11.9 Å². The molecule has 0 heterocycles. The standard InChI is InChI=1S/C24H22N2O7S/c1-15-9-10-16(14-21(15)34(30,31)26-19-7-5-4-6-8-19)22(27)25-20-12-17(23(28)32-2)11-18(13-20)24(29)33-3/h4-14,26H,1-3H3,(H,25,27). The highest BCUT2D eigenvalue weighted by Gasteiger charge is 2.20. The molecule has 34 heavy (non-hydrogen) atoms. The van der Waals surface area contributed by atoms with Crippen molar-refractivity contribution >= 4 is 39.2 Å². The molecule has 0 bridgehead atoms. The molecule has 10 heteroatoms. The smallest absolute Gasteiger partial charge is 0.337 e. The van der Waals surface area contributed by atoms with Crippen LogP contribution >= 0.6 is 0 Å². The van der Waals surface area contributed by atoms with Crippen molar-refractivity contribution in [2.45, 2.75) is 11.8 Å². The lowest BCUT2D eigenvalue weighted by atomic mass is 10.1. The summed E-state index contributed by atoms with van der Waals surface area (Å²) in [5, 5.41) is 2.58. The van der Waals surface area contributed by atoms with Crippen LogP contribution in [0.5, 0.6) is 0 Å². The number of carbonyl (C=O) groups is 3. The van der Waals surface area contributed by atoms with Crippen LogP contribution in [0.3, 0.4) is 0 Å². The number of nitrogens with one attached hydrogen (secondary N) is 2. The van der Waals surface area contributed by atoms with Crippen LogP contribution in [0.2, 0.25) is 0 Å². The van der Waals surface area contributed by atoms with E-state index in [2.05, 4.69) is 19.5 Å². The quantitative estimate of drug-likeness (QED) is 0.492. The summed E-state index contributed by atoms with van der Waals surface area (Å²) in [6, 6.07) is 16.5. The van der Waals surface area contributed by atoms with Crippen LogP contribution in [0.25, 0.3) is 0 Å². The lowest BCUT2D eigenvalue weighted by molar-refractivity contribution is 0.0598. The molecule has 0 unspecified atom stereocenters. The monoisotopic (exact) mass is 482 g/mol. The highest BCUT2D eigenvalue weighted by atomic mass is 32.2. The number of esters is 2. The molecular formula is C24H22N2O7S. The van der Waals surface area contributed by atoms with Crippen LogP contribution in [0, 0.1) is 6.92 Å². The fraction of sp³-hybridized carbons (Fsp3) is 0.125. The highest BCUT2D eigenvalue weighted by molar-refractivity contribution is 7.92. The number of ether oxygens (including phenoxy) is 2. The predicted octanol–water partition coefficient (Wildman–Crippen LogP) is 3.62. The van der Waals surface area contributed by atoms with Crippen molar-refractivity contribution in [1.29, 1.82) is 0 Å². The summed E-state index contributed by atoms with van der Waals surface area (Å²) in [4.78, 5) is 36.8. The minimum absolute atomic E-state index is 0.0277. The van der Waals surface area contributed by atoms with E-state index < -0.39 is 27.9 Å². The summed E-state index contributed by atoms with van der Waals surface area (Å²) in [7, 11) is -1.60. The van der Waals surface area contributed by atoms with E-state index >= 15 is 0 Å². The topological polar surface area (TPSA) is 128 Å². The maximum absolute atomic E-state index is 12.9. The van der Waals surface area contributed by atoms with Gasteiger partial charge in [0.05, 0.1) is 30.2 Å².